The van der Waals surface area contributed by atoms with Crippen LogP contribution in [-0.4, -0.2) is 29.5 Å². The zero-order valence-electron chi connectivity index (χ0n) is 9.03. The van der Waals surface area contributed by atoms with Crippen molar-refractivity contribution in [2.75, 3.05) is 12.3 Å². The van der Waals surface area contributed by atoms with Gasteiger partial charge in [0.1, 0.15) is 5.82 Å². The first kappa shape index (κ1) is 11.9. The Morgan fingerprint density at radius 3 is 3.00 bits per heavy atom. The molecule has 0 bridgehead atoms. The van der Waals surface area contributed by atoms with Crippen molar-refractivity contribution in [1.29, 1.82) is 0 Å². The van der Waals surface area contributed by atoms with Crippen LogP contribution in [0.25, 0.3) is 0 Å². The number of rotatable bonds is 6. The molecule has 1 aliphatic carbocycles. The van der Waals surface area contributed by atoms with E-state index in [1.165, 1.54) is 36.7 Å². The quantitative estimate of drug-likeness (QED) is 0.747. The van der Waals surface area contributed by atoms with Gasteiger partial charge in [-0.2, -0.15) is 0 Å². The second-order valence-corrected chi connectivity index (χ2v) is 5.20. The Hall–Kier alpha value is -0.580. The molecular formula is C12H16FNOS. The third-order valence-corrected chi connectivity index (χ3v) is 3.60. The van der Waals surface area contributed by atoms with Crippen LogP contribution in [0, 0.1) is 5.82 Å². The van der Waals surface area contributed by atoms with Crippen molar-refractivity contribution >= 4 is 11.8 Å². The normalized spacial score (nSPS) is 17.4. The molecule has 16 heavy (non-hydrogen) atoms. The van der Waals surface area contributed by atoms with Crippen molar-refractivity contribution in [2.45, 2.75) is 29.9 Å². The third kappa shape index (κ3) is 4.12. The molecule has 1 aliphatic rings. The molecular weight excluding hydrogens is 225 g/mol. The summed E-state index contributed by atoms with van der Waals surface area (Å²) < 4.78 is 12.9. The molecule has 0 heterocycles. The first-order valence-corrected chi connectivity index (χ1v) is 6.52. The van der Waals surface area contributed by atoms with Crippen molar-refractivity contribution in [3.05, 3.63) is 30.1 Å². The first-order valence-electron chi connectivity index (χ1n) is 5.54. The summed E-state index contributed by atoms with van der Waals surface area (Å²) in [5.74, 6) is 0.374. The van der Waals surface area contributed by atoms with Gasteiger partial charge in [-0.15, -0.1) is 11.8 Å². The minimum atomic E-state index is -0.367. The highest BCUT2D eigenvalue weighted by molar-refractivity contribution is 7.99. The predicted octanol–water partition coefficient (Wildman–Crippen LogP) is 2.03. The van der Waals surface area contributed by atoms with Crippen LogP contribution in [-0.2, 0) is 0 Å². The molecule has 0 radical (unpaired) electrons. The molecule has 2 nitrogen and oxygen atoms in total. The predicted molar refractivity (Wildman–Crippen MR) is 64.2 cm³/mol. The highest BCUT2D eigenvalue weighted by atomic mass is 32.2. The monoisotopic (exact) mass is 241 g/mol. The van der Waals surface area contributed by atoms with Gasteiger partial charge in [0.15, 0.2) is 0 Å². The minimum absolute atomic E-state index is 0.226. The lowest BCUT2D eigenvalue weighted by atomic mass is 10.3. The van der Waals surface area contributed by atoms with Gasteiger partial charge in [-0.25, -0.2) is 4.39 Å². The van der Waals surface area contributed by atoms with Crippen molar-refractivity contribution < 1.29 is 9.50 Å². The molecule has 0 spiro atoms. The van der Waals surface area contributed by atoms with Crippen molar-refractivity contribution in [1.82, 2.24) is 5.32 Å². The lowest BCUT2D eigenvalue weighted by molar-refractivity contribution is 0.195. The fourth-order valence-corrected chi connectivity index (χ4v) is 2.27. The number of hydrogen-bond donors (Lipinski definition) is 2. The molecule has 1 atom stereocenters. The average molecular weight is 241 g/mol. The van der Waals surface area contributed by atoms with E-state index in [2.05, 4.69) is 5.32 Å². The van der Waals surface area contributed by atoms with Gasteiger partial charge in [-0.05, 0) is 31.0 Å². The number of halogens is 1. The Bertz CT molecular complexity index is 344. The molecule has 4 heteroatoms. The molecule has 1 fully saturated rings. The fourth-order valence-electron chi connectivity index (χ4n) is 1.40. The molecule has 1 saturated carbocycles. The van der Waals surface area contributed by atoms with E-state index in [-0.39, 0.29) is 11.9 Å². The molecule has 1 aromatic carbocycles. The second-order valence-electron chi connectivity index (χ2n) is 4.10. The Labute approximate surface area is 99.2 Å². The van der Waals surface area contributed by atoms with Crippen LogP contribution >= 0.6 is 11.8 Å². The van der Waals surface area contributed by atoms with Gasteiger partial charge < -0.3 is 10.4 Å². The average Bonchev–Trinajstić information content (AvgIpc) is 3.07. The number of nitrogens with one attached hydrogen (secondary N) is 1. The van der Waals surface area contributed by atoms with Gasteiger partial charge in [0, 0.05) is 23.2 Å². The Balaban J connectivity index is 1.69. The van der Waals surface area contributed by atoms with Gasteiger partial charge in [-0.3, -0.25) is 0 Å². The number of aliphatic hydroxyl groups excluding tert-OH is 1. The Morgan fingerprint density at radius 1 is 1.50 bits per heavy atom. The van der Waals surface area contributed by atoms with Crippen LogP contribution in [0.1, 0.15) is 12.8 Å². The van der Waals surface area contributed by atoms with E-state index in [1.807, 2.05) is 6.07 Å². The first-order chi connectivity index (χ1) is 7.74. The number of aliphatic hydroxyl groups is 1. The summed E-state index contributed by atoms with van der Waals surface area (Å²) in [6.45, 7) is 0.632. The number of benzene rings is 1. The summed E-state index contributed by atoms with van der Waals surface area (Å²) in [7, 11) is 0. The zero-order chi connectivity index (χ0) is 11.4. The smallest absolute Gasteiger partial charge is 0.124 e. The van der Waals surface area contributed by atoms with E-state index in [4.69, 9.17) is 0 Å². The lowest BCUT2D eigenvalue weighted by Crippen LogP contribution is -2.29. The van der Waals surface area contributed by atoms with E-state index in [1.54, 1.807) is 6.07 Å². The van der Waals surface area contributed by atoms with E-state index in [9.17, 15) is 9.50 Å². The van der Waals surface area contributed by atoms with Crippen molar-refractivity contribution in [3.8, 4) is 0 Å². The van der Waals surface area contributed by atoms with Gasteiger partial charge >= 0.3 is 0 Å². The van der Waals surface area contributed by atoms with Crippen LogP contribution in [0.3, 0.4) is 0 Å². The maximum Gasteiger partial charge on any atom is 0.124 e. The maximum atomic E-state index is 12.9. The van der Waals surface area contributed by atoms with Crippen LogP contribution in [0.2, 0.25) is 0 Å². The number of thioether (sulfide) groups is 1. The third-order valence-electron chi connectivity index (χ3n) is 2.46. The molecule has 1 aromatic rings. The summed E-state index contributed by atoms with van der Waals surface area (Å²) in [4.78, 5) is 0.866. The Kier molecular flexibility index (Phi) is 4.21. The molecule has 0 aromatic heterocycles. The van der Waals surface area contributed by atoms with Crippen LogP contribution in [0.4, 0.5) is 4.39 Å². The second kappa shape index (κ2) is 5.66. The summed E-state index contributed by atoms with van der Waals surface area (Å²) in [5, 5.41) is 12.9. The fraction of sp³-hybridized carbons (Fsp3) is 0.500. The van der Waals surface area contributed by atoms with E-state index in [0.717, 1.165) is 4.90 Å². The highest BCUT2D eigenvalue weighted by Gasteiger charge is 2.21. The molecule has 1 unspecified atom stereocenters. The van der Waals surface area contributed by atoms with Gasteiger partial charge in [0.25, 0.3) is 0 Å². The zero-order valence-corrected chi connectivity index (χ0v) is 9.84. The maximum absolute atomic E-state index is 12.9. The SMILES string of the molecule is OC(CNC1CC1)CSc1cccc(F)c1. The Morgan fingerprint density at radius 2 is 2.31 bits per heavy atom. The van der Waals surface area contributed by atoms with E-state index >= 15 is 0 Å². The summed E-state index contributed by atoms with van der Waals surface area (Å²) in [6, 6.07) is 7.08. The molecule has 0 amide bonds. The van der Waals surface area contributed by atoms with Gasteiger partial charge in [-0.1, -0.05) is 6.07 Å². The summed E-state index contributed by atoms with van der Waals surface area (Å²) >= 11 is 1.48. The summed E-state index contributed by atoms with van der Waals surface area (Å²) in [5.41, 5.74) is 0. The van der Waals surface area contributed by atoms with Crippen molar-refractivity contribution in [2.24, 2.45) is 0 Å². The lowest BCUT2D eigenvalue weighted by Gasteiger charge is -2.10. The van der Waals surface area contributed by atoms with Gasteiger partial charge in [0.2, 0.25) is 0 Å². The van der Waals surface area contributed by atoms with E-state index in [0.29, 0.717) is 18.3 Å². The molecule has 0 aliphatic heterocycles. The largest absolute Gasteiger partial charge is 0.391 e. The van der Waals surface area contributed by atoms with Crippen LogP contribution in [0.15, 0.2) is 29.2 Å². The molecule has 88 valence electrons. The molecule has 2 N–H and O–H groups in total. The summed E-state index contributed by atoms with van der Waals surface area (Å²) in [6.07, 6.45) is 2.09. The van der Waals surface area contributed by atoms with Crippen LogP contribution < -0.4 is 5.32 Å². The molecule has 0 saturated heterocycles. The van der Waals surface area contributed by atoms with Crippen LogP contribution in [0.5, 0.6) is 0 Å². The van der Waals surface area contributed by atoms with Gasteiger partial charge in [0.05, 0.1) is 6.10 Å². The number of hydrogen-bond acceptors (Lipinski definition) is 3. The van der Waals surface area contributed by atoms with Crippen molar-refractivity contribution in [3.63, 3.8) is 0 Å². The molecule has 2 rings (SSSR count). The highest BCUT2D eigenvalue weighted by Crippen LogP contribution is 2.21. The topological polar surface area (TPSA) is 32.3 Å². The standard InChI is InChI=1S/C12H16FNOS/c13-9-2-1-3-12(6-9)16-8-11(15)7-14-10-4-5-10/h1-3,6,10-11,14-15H,4-5,7-8H2. The van der Waals surface area contributed by atoms with E-state index < -0.39 is 0 Å². The minimum Gasteiger partial charge on any atom is -0.391 e.